The van der Waals surface area contributed by atoms with Crippen molar-refractivity contribution in [1.82, 2.24) is 14.7 Å². The molecule has 0 spiro atoms. The van der Waals surface area contributed by atoms with Crippen molar-refractivity contribution in [2.24, 2.45) is 5.92 Å². The average Bonchev–Trinajstić information content (AvgIpc) is 2.78. The molecule has 2 rings (SSSR count). The zero-order chi connectivity index (χ0) is 13.0. The number of carboxylic acid groups (broad SMARTS) is 1. The number of aryl methyl sites for hydroxylation is 1. The van der Waals surface area contributed by atoms with Crippen LogP contribution in [0.25, 0.3) is 0 Å². The maximum atomic E-state index is 10.9. The molecule has 0 unspecified atom stereocenters. The van der Waals surface area contributed by atoms with E-state index in [-0.39, 0.29) is 5.92 Å². The fourth-order valence-corrected chi connectivity index (χ4v) is 2.44. The van der Waals surface area contributed by atoms with E-state index in [1.807, 2.05) is 10.9 Å². The predicted molar refractivity (Wildman–Crippen MR) is 68.2 cm³/mol. The summed E-state index contributed by atoms with van der Waals surface area (Å²) in [4.78, 5) is 13.2. The van der Waals surface area contributed by atoms with E-state index in [1.54, 1.807) is 0 Å². The van der Waals surface area contributed by atoms with E-state index in [9.17, 15) is 4.79 Å². The summed E-state index contributed by atoms with van der Waals surface area (Å²) in [5.74, 6) is -0.797. The normalized spacial score (nSPS) is 18.1. The molecular weight excluding hydrogens is 230 g/mol. The number of hydrogen-bond acceptors (Lipinski definition) is 3. The summed E-state index contributed by atoms with van der Waals surface area (Å²) in [6.45, 7) is 5.72. The van der Waals surface area contributed by atoms with Crippen LogP contribution in [0.4, 0.5) is 0 Å². The highest BCUT2D eigenvalue weighted by Crippen LogP contribution is 2.18. The molecule has 1 fully saturated rings. The third-order valence-corrected chi connectivity index (χ3v) is 3.48. The van der Waals surface area contributed by atoms with Crippen LogP contribution in [-0.2, 0) is 17.9 Å². The van der Waals surface area contributed by atoms with Crippen LogP contribution in [0.15, 0.2) is 12.4 Å². The van der Waals surface area contributed by atoms with Crippen LogP contribution < -0.4 is 0 Å². The average molecular weight is 251 g/mol. The van der Waals surface area contributed by atoms with Crippen molar-refractivity contribution in [2.75, 3.05) is 13.1 Å². The second-order valence-corrected chi connectivity index (χ2v) is 5.00. The molecule has 1 saturated heterocycles. The van der Waals surface area contributed by atoms with Gasteiger partial charge in [-0.1, -0.05) is 6.92 Å². The predicted octanol–water partition coefficient (Wildman–Crippen LogP) is 1.59. The second kappa shape index (κ2) is 6.00. The van der Waals surface area contributed by atoms with Crippen molar-refractivity contribution in [3.63, 3.8) is 0 Å². The Morgan fingerprint density at radius 2 is 2.22 bits per heavy atom. The third-order valence-electron chi connectivity index (χ3n) is 3.48. The molecule has 0 aliphatic carbocycles. The summed E-state index contributed by atoms with van der Waals surface area (Å²) in [6, 6.07) is 0. The van der Waals surface area contributed by atoms with Crippen LogP contribution >= 0.6 is 0 Å². The lowest BCUT2D eigenvalue weighted by molar-refractivity contribution is -0.143. The second-order valence-electron chi connectivity index (χ2n) is 5.00. The lowest BCUT2D eigenvalue weighted by Gasteiger charge is -2.29. The zero-order valence-electron chi connectivity index (χ0n) is 10.9. The van der Waals surface area contributed by atoms with Crippen LogP contribution in [0.1, 0.15) is 31.7 Å². The van der Waals surface area contributed by atoms with Gasteiger partial charge in [0, 0.05) is 24.8 Å². The van der Waals surface area contributed by atoms with Crippen molar-refractivity contribution >= 4 is 5.97 Å². The molecule has 0 saturated carbocycles. The molecule has 1 N–H and O–H groups in total. The summed E-state index contributed by atoms with van der Waals surface area (Å²) >= 11 is 0. The molecule has 0 atom stereocenters. The Labute approximate surface area is 107 Å². The molecule has 1 aliphatic rings. The molecule has 1 aromatic heterocycles. The summed E-state index contributed by atoms with van der Waals surface area (Å²) in [6.07, 6.45) is 6.62. The lowest BCUT2D eigenvalue weighted by atomic mass is 9.97. The quantitative estimate of drug-likeness (QED) is 0.863. The number of nitrogens with zero attached hydrogens (tertiary/aromatic N) is 3. The molecule has 5 heteroatoms. The van der Waals surface area contributed by atoms with E-state index in [0.717, 1.165) is 45.4 Å². The first-order chi connectivity index (χ1) is 8.69. The Hall–Kier alpha value is -1.36. The van der Waals surface area contributed by atoms with Gasteiger partial charge >= 0.3 is 5.97 Å². The van der Waals surface area contributed by atoms with Crippen molar-refractivity contribution in [2.45, 2.75) is 39.3 Å². The molecule has 0 radical (unpaired) electrons. The van der Waals surface area contributed by atoms with E-state index in [0.29, 0.717) is 0 Å². The van der Waals surface area contributed by atoms with Crippen molar-refractivity contribution < 1.29 is 9.90 Å². The van der Waals surface area contributed by atoms with Gasteiger partial charge in [0.2, 0.25) is 0 Å². The minimum atomic E-state index is -0.648. The van der Waals surface area contributed by atoms with Gasteiger partial charge in [0.1, 0.15) is 0 Å². The number of likely N-dealkylation sites (tertiary alicyclic amines) is 1. The van der Waals surface area contributed by atoms with Crippen molar-refractivity contribution in [1.29, 1.82) is 0 Å². The number of hydrogen-bond donors (Lipinski definition) is 1. The Balaban J connectivity index is 1.81. The SMILES string of the molecule is CCCn1cc(CN2CCC(C(=O)O)CC2)cn1. The smallest absolute Gasteiger partial charge is 0.306 e. The van der Waals surface area contributed by atoms with Gasteiger partial charge < -0.3 is 5.11 Å². The van der Waals surface area contributed by atoms with Crippen molar-refractivity contribution in [3.05, 3.63) is 18.0 Å². The minimum absolute atomic E-state index is 0.149. The highest BCUT2D eigenvalue weighted by molar-refractivity contribution is 5.70. The van der Waals surface area contributed by atoms with Crippen molar-refractivity contribution in [3.8, 4) is 0 Å². The van der Waals surface area contributed by atoms with Gasteiger partial charge in [0.15, 0.2) is 0 Å². The fraction of sp³-hybridized carbons (Fsp3) is 0.692. The van der Waals surface area contributed by atoms with E-state index in [1.165, 1.54) is 5.56 Å². The van der Waals surface area contributed by atoms with E-state index in [4.69, 9.17) is 5.11 Å². The number of carbonyl (C=O) groups is 1. The minimum Gasteiger partial charge on any atom is -0.481 e. The Morgan fingerprint density at radius 1 is 1.50 bits per heavy atom. The van der Waals surface area contributed by atoms with Crippen LogP contribution in [0.5, 0.6) is 0 Å². The highest BCUT2D eigenvalue weighted by atomic mass is 16.4. The van der Waals surface area contributed by atoms with Crippen LogP contribution in [-0.4, -0.2) is 38.8 Å². The standard InChI is InChI=1S/C13H21N3O2/c1-2-5-16-10-11(8-14-16)9-15-6-3-12(4-7-15)13(17)18/h8,10,12H,2-7,9H2,1H3,(H,17,18). The van der Waals surface area contributed by atoms with Crippen LogP contribution in [0.3, 0.4) is 0 Å². The number of aromatic nitrogens is 2. The van der Waals surface area contributed by atoms with Gasteiger partial charge in [-0.25, -0.2) is 0 Å². The topological polar surface area (TPSA) is 58.4 Å². The molecule has 5 nitrogen and oxygen atoms in total. The van der Waals surface area contributed by atoms with Crippen LogP contribution in [0, 0.1) is 5.92 Å². The van der Waals surface area contributed by atoms with E-state index >= 15 is 0 Å². The van der Waals surface area contributed by atoms with Gasteiger partial charge in [0.05, 0.1) is 12.1 Å². The molecule has 0 bridgehead atoms. The Morgan fingerprint density at radius 3 is 2.83 bits per heavy atom. The first-order valence-electron chi connectivity index (χ1n) is 6.65. The number of rotatable bonds is 5. The lowest BCUT2D eigenvalue weighted by Crippen LogP contribution is -2.35. The first kappa shape index (κ1) is 13.1. The maximum Gasteiger partial charge on any atom is 0.306 e. The molecule has 0 amide bonds. The largest absolute Gasteiger partial charge is 0.481 e. The Bertz CT molecular complexity index is 395. The molecule has 100 valence electrons. The summed E-state index contributed by atoms with van der Waals surface area (Å²) in [5.41, 5.74) is 1.22. The van der Waals surface area contributed by atoms with E-state index in [2.05, 4.69) is 23.1 Å². The molecule has 1 aliphatic heterocycles. The van der Waals surface area contributed by atoms with Gasteiger partial charge in [-0.05, 0) is 32.4 Å². The van der Waals surface area contributed by atoms with Gasteiger partial charge in [-0.3, -0.25) is 14.4 Å². The first-order valence-corrected chi connectivity index (χ1v) is 6.65. The molecular formula is C13H21N3O2. The molecule has 2 heterocycles. The summed E-state index contributed by atoms with van der Waals surface area (Å²) in [5, 5.41) is 13.3. The molecule has 1 aromatic rings. The van der Waals surface area contributed by atoms with Gasteiger partial charge in [-0.15, -0.1) is 0 Å². The van der Waals surface area contributed by atoms with Gasteiger partial charge in [0.25, 0.3) is 0 Å². The number of piperidine rings is 1. The number of carboxylic acids is 1. The third kappa shape index (κ3) is 3.32. The molecule has 18 heavy (non-hydrogen) atoms. The number of aliphatic carboxylic acids is 1. The Kier molecular flexibility index (Phi) is 4.36. The van der Waals surface area contributed by atoms with E-state index < -0.39 is 5.97 Å². The monoisotopic (exact) mass is 251 g/mol. The van der Waals surface area contributed by atoms with Gasteiger partial charge in [-0.2, -0.15) is 5.10 Å². The molecule has 0 aromatic carbocycles. The maximum absolute atomic E-state index is 10.9. The highest BCUT2D eigenvalue weighted by Gasteiger charge is 2.24. The summed E-state index contributed by atoms with van der Waals surface area (Å²) < 4.78 is 1.97. The van der Waals surface area contributed by atoms with Crippen LogP contribution in [0.2, 0.25) is 0 Å². The zero-order valence-corrected chi connectivity index (χ0v) is 10.9. The fourth-order valence-electron chi connectivity index (χ4n) is 2.44. The summed E-state index contributed by atoms with van der Waals surface area (Å²) in [7, 11) is 0.